The third-order valence-electron chi connectivity index (χ3n) is 12.2. The van der Waals surface area contributed by atoms with Crippen molar-refractivity contribution in [2.75, 3.05) is 49.2 Å². The summed E-state index contributed by atoms with van der Waals surface area (Å²) < 4.78 is 40.5. The van der Waals surface area contributed by atoms with Gasteiger partial charge >= 0.3 is 11.9 Å². The molecule has 12 nitrogen and oxygen atoms in total. The lowest BCUT2D eigenvalue weighted by atomic mass is 9.85. The predicted octanol–water partition coefficient (Wildman–Crippen LogP) is 8.33. The minimum Gasteiger partial charge on any atom is -0.447 e. The van der Waals surface area contributed by atoms with Crippen molar-refractivity contribution < 1.29 is 37.4 Å². The monoisotopic (exact) mass is 932 g/mol. The second-order valence-corrected chi connectivity index (χ2v) is 18.5. The summed E-state index contributed by atoms with van der Waals surface area (Å²) in [7, 11) is 0. The van der Waals surface area contributed by atoms with Crippen LogP contribution in [0.25, 0.3) is 0 Å². The van der Waals surface area contributed by atoms with E-state index in [1.807, 2.05) is 61.0 Å². The van der Waals surface area contributed by atoms with Crippen molar-refractivity contribution in [3.05, 3.63) is 164 Å². The van der Waals surface area contributed by atoms with E-state index in [1.165, 1.54) is 68.9 Å². The van der Waals surface area contributed by atoms with Gasteiger partial charge in [-0.05, 0) is 87.1 Å². The Kier molecular flexibility index (Phi) is 14.4. The van der Waals surface area contributed by atoms with Crippen molar-refractivity contribution in [1.29, 1.82) is 0 Å². The van der Waals surface area contributed by atoms with Crippen molar-refractivity contribution in [2.45, 2.75) is 63.7 Å². The van der Waals surface area contributed by atoms with Gasteiger partial charge in [0.15, 0.2) is 13.2 Å². The lowest BCUT2D eigenvalue weighted by Crippen LogP contribution is -2.57. The molecule has 8 rings (SSSR count). The normalized spacial score (nSPS) is 16.0. The molecule has 2 fully saturated rings. The topological polar surface area (TPSA) is 125 Å². The summed E-state index contributed by atoms with van der Waals surface area (Å²) in [5, 5.41) is 5.08. The Morgan fingerprint density at radius 1 is 0.576 bits per heavy atom. The molecule has 0 spiro atoms. The van der Waals surface area contributed by atoms with E-state index in [-0.39, 0.29) is 11.4 Å². The number of anilines is 2. The molecule has 4 aromatic carbocycles. The molecule has 2 aliphatic rings. The first-order valence-electron chi connectivity index (χ1n) is 21.8. The van der Waals surface area contributed by atoms with Gasteiger partial charge < -0.3 is 9.47 Å². The molecule has 66 heavy (non-hydrogen) atoms. The minimum atomic E-state index is -1.50. The van der Waals surface area contributed by atoms with Crippen LogP contribution in [0.15, 0.2) is 120 Å². The highest BCUT2D eigenvalue weighted by Crippen LogP contribution is 2.45. The summed E-state index contributed by atoms with van der Waals surface area (Å²) in [6.45, 7) is 5.65. The molecule has 342 valence electrons. The van der Waals surface area contributed by atoms with E-state index in [0.717, 1.165) is 22.5 Å². The Hall–Kier alpha value is -6.20. The Balaban J connectivity index is 0.989. The molecule has 2 aliphatic heterocycles. The van der Waals surface area contributed by atoms with Gasteiger partial charge in [0, 0.05) is 72.8 Å². The molecule has 0 bridgehead atoms. The maximum atomic E-state index is 14.9. The summed E-state index contributed by atoms with van der Waals surface area (Å²) in [4.78, 5) is 72.8. The summed E-state index contributed by atoms with van der Waals surface area (Å²) in [6.07, 6.45) is 1.73. The largest absolute Gasteiger partial charge is 0.447 e. The number of piperidine rings is 2. The van der Waals surface area contributed by atoms with E-state index in [2.05, 4.69) is 34.1 Å². The molecule has 2 aromatic heterocycles. The number of hydrogen-bond acceptors (Lipinski definition) is 12. The Morgan fingerprint density at radius 2 is 0.955 bits per heavy atom. The van der Waals surface area contributed by atoms with Crippen molar-refractivity contribution in [3.63, 3.8) is 0 Å². The zero-order valence-corrected chi connectivity index (χ0v) is 38.4. The van der Waals surface area contributed by atoms with Gasteiger partial charge in [0.2, 0.25) is 0 Å². The predicted molar refractivity (Wildman–Crippen MR) is 249 cm³/mol. The number of ether oxygens (including phenoxy) is 2. The van der Waals surface area contributed by atoms with Crippen LogP contribution in [0.2, 0.25) is 0 Å². The lowest BCUT2D eigenvalue weighted by molar-refractivity contribution is -0.169. The fourth-order valence-electron chi connectivity index (χ4n) is 9.04. The Bertz CT molecular complexity index is 2470. The standard InChI is InChI=1S/C50H50F2N6O6S2/c1-35-33-65-47(53-35)49(19-23-55(24-20-49)29-37-11-5-3-6-12-37)57(41-17-9-15-39(51)27-41)43(59)31-63-45(61)46(62)64-32-44(60)58(42-18-10-16-40(52)28-42)50(48-54-36(2)34-66-48)21-25-56(26-22-50)30-38-13-7-4-8-14-38/h3-18,27-28,33-34H,19-26,29-32H2,1-2H3. The van der Waals surface area contributed by atoms with Crippen LogP contribution >= 0.6 is 22.7 Å². The van der Waals surface area contributed by atoms with Gasteiger partial charge in [-0.25, -0.2) is 28.3 Å². The molecule has 4 heterocycles. The zero-order valence-electron chi connectivity index (χ0n) is 36.7. The quantitative estimate of drug-likeness (QED) is 0.0778. The third-order valence-corrected chi connectivity index (χ3v) is 14.5. The number of amides is 2. The van der Waals surface area contributed by atoms with E-state index in [9.17, 15) is 28.0 Å². The number of carbonyl (C=O) groups is 4. The first-order chi connectivity index (χ1) is 31.9. The lowest BCUT2D eigenvalue weighted by Gasteiger charge is -2.47. The molecule has 0 atom stereocenters. The van der Waals surface area contributed by atoms with Gasteiger partial charge in [0.1, 0.15) is 32.7 Å². The van der Waals surface area contributed by atoms with Crippen molar-refractivity contribution >= 4 is 57.8 Å². The van der Waals surface area contributed by atoms with Crippen molar-refractivity contribution in [1.82, 2.24) is 19.8 Å². The molecule has 2 saturated heterocycles. The number of nitrogens with zero attached hydrogens (tertiary/aromatic N) is 6. The maximum absolute atomic E-state index is 14.9. The molecule has 16 heteroatoms. The third kappa shape index (κ3) is 10.4. The van der Waals surface area contributed by atoms with Crippen LogP contribution in [0.1, 0.15) is 58.2 Å². The number of benzene rings is 4. The number of aromatic nitrogens is 2. The molecular weight excluding hydrogens is 883 g/mol. The number of thiazole rings is 2. The number of carbonyl (C=O) groups excluding carboxylic acids is 4. The van der Waals surface area contributed by atoms with E-state index >= 15 is 0 Å². The molecule has 0 radical (unpaired) electrons. The number of halogens is 2. The number of aryl methyl sites for hydroxylation is 2. The van der Waals surface area contributed by atoms with E-state index < -0.39 is 59.7 Å². The van der Waals surface area contributed by atoms with Crippen LogP contribution in [0, 0.1) is 25.5 Å². The van der Waals surface area contributed by atoms with E-state index in [1.54, 1.807) is 12.1 Å². The van der Waals surface area contributed by atoms with Gasteiger partial charge in [-0.1, -0.05) is 72.8 Å². The number of rotatable bonds is 14. The van der Waals surface area contributed by atoms with Crippen LogP contribution in [0.3, 0.4) is 0 Å². The average Bonchev–Trinajstić information content (AvgIpc) is 3.98. The fourth-order valence-corrected chi connectivity index (χ4v) is 11.1. The van der Waals surface area contributed by atoms with Crippen LogP contribution in [0.5, 0.6) is 0 Å². The highest BCUT2D eigenvalue weighted by molar-refractivity contribution is 7.10. The van der Waals surface area contributed by atoms with Gasteiger partial charge in [0.25, 0.3) is 11.8 Å². The molecular formula is C50H50F2N6O6S2. The van der Waals surface area contributed by atoms with E-state index in [0.29, 0.717) is 75.0 Å². The van der Waals surface area contributed by atoms with Gasteiger partial charge in [-0.3, -0.25) is 29.2 Å². The smallest absolute Gasteiger partial charge is 0.418 e. The summed E-state index contributed by atoms with van der Waals surface area (Å²) in [5.41, 5.74) is 2.19. The van der Waals surface area contributed by atoms with Crippen LogP contribution in [-0.4, -0.2) is 82.9 Å². The van der Waals surface area contributed by atoms with Crippen molar-refractivity contribution in [2.24, 2.45) is 0 Å². The van der Waals surface area contributed by atoms with Gasteiger partial charge in [0.05, 0.1) is 0 Å². The van der Waals surface area contributed by atoms with Crippen LogP contribution < -0.4 is 9.80 Å². The highest BCUT2D eigenvalue weighted by Gasteiger charge is 2.49. The second kappa shape index (κ2) is 20.5. The van der Waals surface area contributed by atoms with Gasteiger partial charge in [-0.15, -0.1) is 22.7 Å². The van der Waals surface area contributed by atoms with Gasteiger partial charge in [-0.2, -0.15) is 0 Å². The summed E-state index contributed by atoms with van der Waals surface area (Å²) in [6, 6.07) is 31.4. The molecule has 0 saturated carbocycles. The Morgan fingerprint density at radius 3 is 1.29 bits per heavy atom. The highest BCUT2D eigenvalue weighted by atomic mass is 32.1. The van der Waals surface area contributed by atoms with Crippen LogP contribution in [0.4, 0.5) is 20.2 Å². The maximum Gasteiger partial charge on any atom is 0.418 e. The van der Waals surface area contributed by atoms with E-state index in [4.69, 9.17) is 19.4 Å². The average molecular weight is 933 g/mol. The molecule has 0 N–H and O–H groups in total. The SMILES string of the molecule is Cc1csc(C2(N(C(=O)COC(=O)C(=O)OCC(=O)N(c3cccc(F)c3)C3(c4nc(C)cs4)CCN(Cc4ccccc4)CC3)c3cccc(F)c3)CCN(Cc3ccccc3)CC2)n1. The number of likely N-dealkylation sites (tertiary alicyclic amines) is 2. The number of esters is 2. The van der Waals surface area contributed by atoms with Crippen LogP contribution in [-0.2, 0) is 52.8 Å². The summed E-state index contributed by atoms with van der Waals surface area (Å²) >= 11 is 2.79. The first-order valence-corrected chi connectivity index (χ1v) is 23.6. The molecule has 2 amide bonds. The molecule has 0 aliphatic carbocycles. The summed E-state index contributed by atoms with van der Waals surface area (Å²) in [5.74, 6) is -5.55. The zero-order chi connectivity index (χ0) is 46.3. The van der Waals surface area contributed by atoms with Crippen molar-refractivity contribution in [3.8, 4) is 0 Å². The first kappa shape index (κ1) is 46.3. The number of hydrogen-bond donors (Lipinski definition) is 0. The fraction of sp³-hybridized carbons (Fsp3) is 0.320. The Labute approximate surface area is 390 Å². The minimum absolute atomic E-state index is 0.237. The molecule has 0 unspecified atom stereocenters. The molecule has 6 aromatic rings. The second-order valence-electron chi connectivity index (χ2n) is 16.7.